The van der Waals surface area contributed by atoms with Crippen molar-refractivity contribution < 1.29 is 17.5 Å². The predicted octanol–water partition coefficient (Wildman–Crippen LogP) is 3.19. The van der Waals surface area contributed by atoms with E-state index in [0.29, 0.717) is 12.4 Å². The maximum Gasteiger partial charge on any atom is 0.263 e. The molecular formula is C18H18FN3O3S. The molecule has 0 unspecified atom stereocenters. The third kappa shape index (κ3) is 3.85. The first-order valence-electron chi connectivity index (χ1n) is 7.83. The monoisotopic (exact) mass is 375 g/mol. The maximum atomic E-state index is 13.5. The molecule has 26 heavy (non-hydrogen) atoms. The van der Waals surface area contributed by atoms with Crippen LogP contribution in [0.2, 0.25) is 0 Å². The van der Waals surface area contributed by atoms with Crippen LogP contribution in [0.25, 0.3) is 0 Å². The summed E-state index contributed by atoms with van der Waals surface area (Å²) in [5, 5.41) is 4.16. The lowest BCUT2D eigenvalue weighted by molar-refractivity contribution is 0.385. The largest absolute Gasteiger partial charge is 0.494 e. The van der Waals surface area contributed by atoms with Gasteiger partial charge in [0.05, 0.1) is 24.7 Å². The van der Waals surface area contributed by atoms with Crippen LogP contribution in [-0.2, 0) is 16.6 Å². The number of aryl methyl sites for hydroxylation is 1. The molecule has 1 N–H and O–H groups in total. The zero-order valence-electron chi connectivity index (χ0n) is 14.3. The van der Waals surface area contributed by atoms with Crippen molar-refractivity contribution >= 4 is 15.8 Å². The van der Waals surface area contributed by atoms with Crippen LogP contribution >= 0.6 is 0 Å². The van der Waals surface area contributed by atoms with Crippen LogP contribution in [-0.4, -0.2) is 25.3 Å². The van der Waals surface area contributed by atoms with E-state index in [1.807, 2.05) is 31.2 Å². The SMILES string of the molecule is COc1cc(S(=O)(=O)Nc2ccnn2Cc2ccc(C)cc2)ccc1F. The summed E-state index contributed by atoms with van der Waals surface area (Å²) in [6.07, 6.45) is 1.51. The molecule has 1 heterocycles. The van der Waals surface area contributed by atoms with Crippen molar-refractivity contribution in [3.63, 3.8) is 0 Å². The van der Waals surface area contributed by atoms with E-state index in [1.54, 1.807) is 10.7 Å². The first-order chi connectivity index (χ1) is 12.4. The number of benzene rings is 2. The van der Waals surface area contributed by atoms with Crippen molar-refractivity contribution in [2.24, 2.45) is 0 Å². The summed E-state index contributed by atoms with van der Waals surface area (Å²) < 4.78 is 47.6. The molecule has 3 aromatic rings. The summed E-state index contributed by atoms with van der Waals surface area (Å²) in [6, 6.07) is 12.8. The second-order valence-corrected chi connectivity index (χ2v) is 7.44. The van der Waals surface area contributed by atoms with Gasteiger partial charge in [0.2, 0.25) is 0 Å². The molecule has 3 rings (SSSR count). The fourth-order valence-corrected chi connectivity index (χ4v) is 3.49. The molecule has 0 aliphatic heterocycles. The normalized spacial score (nSPS) is 11.3. The molecule has 1 aromatic heterocycles. The predicted molar refractivity (Wildman–Crippen MR) is 96.3 cm³/mol. The molecular weight excluding hydrogens is 357 g/mol. The summed E-state index contributed by atoms with van der Waals surface area (Å²) >= 11 is 0. The Morgan fingerprint density at radius 1 is 1.15 bits per heavy atom. The molecule has 0 saturated carbocycles. The van der Waals surface area contributed by atoms with Crippen LogP contribution in [0.4, 0.5) is 10.2 Å². The Hall–Kier alpha value is -2.87. The number of hydrogen-bond acceptors (Lipinski definition) is 4. The molecule has 8 heteroatoms. The third-order valence-electron chi connectivity index (χ3n) is 3.84. The van der Waals surface area contributed by atoms with Gasteiger partial charge in [0.25, 0.3) is 10.0 Å². The van der Waals surface area contributed by atoms with Crippen molar-refractivity contribution in [3.8, 4) is 5.75 Å². The number of hydrogen-bond donors (Lipinski definition) is 1. The molecule has 0 aliphatic rings. The van der Waals surface area contributed by atoms with E-state index in [0.717, 1.165) is 23.3 Å². The Kier molecular flexibility index (Phi) is 4.94. The van der Waals surface area contributed by atoms with Crippen molar-refractivity contribution in [2.45, 2.75) is 18.4 Å². The van der Waals surface area contributed by atoms with Crippen LogP contribution in [0.5, 0.6) is 5.75 Å². The molecule has 2 aromatic carbocycles. The van der Waals surface area contributed by atoms with Gasteiger partial charge >= 0.3 is 0 Å². The number of nitrogens with zero attached hydrogens (tertiary/aromatic N) is 2. The van der Waals surface area contributed by atoms with Gasteiger partial charge in [-0.2, -0.15) is 5.10 Å². The van der Waals surface area contributed by atoms with E-state index in [1.165, 1.54) is 19.4 Å². The Bertz CT molecular complexity index is 1010. The van der Waals surface area contributed by atoms with E-state index < -0.39 is 15.8 Å². The van der Waals surface area contributed by atoms with Crippen LogP contribution < -0.4 is 9.46 Å². The van der Waals surface area contributed by atoms with Gasteiger partial charge in [0.15, 0.2) is 11.6 Å². The van der Waals surface area contributed by atoms with Crippen molar-refractivity contribution in [2.75, 3.05) is 11.8 Å². The highest BCUT2D eigenvalue weighted by molar-refractivity contribution is 7.92. The highest BCUT2D eigenvalue weighted by atomic mass is 32.2. The summed E-state index contributed by atoms with van der Waals surface area (Å²) in [5.74, 6) is -0.453. The van der Waals surface area contributed by atoms with Gasteiger partial charge in [-0.3, -0.25) is 4.72 Å². The van der Waals surface area contributed by atoms with Gasteiger partial charge in [-0.1, -0.05) is 29.8 Å². The molecule has 0 atom stereocenters. The Morgan fingerprint density at radius 3 is 2.58 bits per heavy atom. The maximum absolute atomic E-state index is 13.5. The quantitative estimate of drug-likeness (QED) is 0.718. The van der Waals surface area contributed by atoms with Gasteiger partial charge in [0, 0.05) is 12.1 Å². The zero-order valence-corrected chi connectivity index (χ0v) is 15.1. The molecule has 0 radical (unpaired) electrons. The lowest BCUT2D eigenvalue weighted by atomic mass is 10.1. The second-order valence-electron chi connectivity index (χ2n) is 5.76. The highest BCUT2D eigenvalue weighted by Crippen LogP contribution is 2.23. The minimum Gasteiger partial charge on any atom is -0.494 e. The van der Waals surface area contributed by atoms with Gasteiger partial charge in [-0.25, -0.2) is 17.5 Å². The lowest BCUT2D eigenvalue weighted by Gasteiger charge is -2.12. The van der Waals surface area contributed by atoms with Crippen LogP contribution in [0, 0.1) is 12.7 Å². The van der Waals surface area contributed by atoms with Gasteiger partial charge < -0.3 is 4.74 Å². The second kappa shape index (κ2) is 7.17. The number of methoxy groups -OCH3 is 1. The van der Waals surface area contributed by atoms with Gasteiger partial charge in [0.1, 0.15) is 5.82 Å². The van der Waals surface area contributed by atoms with Crippen molar-refractivity contribution in [1.82, 2.24) is 9.78 Å². The van der Waals surface area contributed by atoms with Crippen LogP contribution in [0.1, 0.15) is 11.1 Å². The number of ether oxygens (including phenoxy) is 1. The fraction of sp³-hybridized carbons (Fsp3) is 0.167. The number of rotatable bonds is 6. The fourth-order valence-electron chi connectivity index (χ4n) is 2.42. The minimum absolute atomic E-state index is 0.0983. The van der Waals surface area contributed by atoms with Crippen LogP contribution in [0.15, 0.2) is 59.6 Å². The van der Waals surface area contributed by atoms with E-state index in [9.17, 15) is 12.8 Å². The molecule has 136 valence electrons. The smallest absolute Gasteiger partial charge is 0.263 e. The van der Waals surface area contributed by atoms with E-state index in [-0.39, 0.29) is 10.6 Å². The van der Waals surface area contributed by atoms with Crippen LogP contribution in [0.3, 0.4) is 0 Å². The highest BCUT2D eigenvalue weighted by Gasteiger charge is 2.19. The standard InChI is InChI=1S/C18H18FN3O3S/c1-13-3-5-14(6-4-13)12-22-18(9-10-20-22)21-26(23,24)15-7-8-16(19)17(11-15)25-2/h3-11,21H,12H2,1-2H3. The first-order valence-corrected chi connectivity index (χ1v) is 9.31. The minimum atomic E-state index is -3.91. The van der Waals surface area contributed by atoms with Crippen molar-refractivity contribution in [3.05, 3.63) is 71.7 Å². The van der Waals surface area contributed by atoms with E-state index in [2.05, 4.69) is 9.82 Å². The van der Waals surface area contributed by atoms with Gasteiger partial charge in [-0.15, -0.1) is 0 Å². The molecule has 0 amide bonds. The summed E-state index contributed by atoms with van der Waals surface area (Å²) in [7, 11) is -2.63. The number of sulfonamides is 1. The van der Waals surface area contributed by atoms with E-state index in [4.69, 9.17) is 4.74 Å². The average Bonchev–Trinajstić information content (AvgIpc) is 3.03. The number of anilines is 1. The molecule has 6 nitrogen and oxygen atoms in total. The molecule has 0 aliphatic carbocycles. The number of aromatic nitrogens is 2. The zero-order chi connectivity index (χ0) is 18.7. The third-order valence-corrected chi connectivity index (χ3v) is 5.19. The van der Waals surface area contributed by atoms with E-state index >= 15 is 0 Å². The lowest BCUT2D eigenvalue weighted by Crippen LogP contribution is -2.17. The summed E-state index contributed by atoms with van der Waals surface area (Å²) in [5.41, 5.74) is 2.13. The Morgan fingerprint density at radius 2 is 1.88 bits per heavy atom. The molecule has 0 fully saturated rings. The topological polar surface area (TPSA) is 73.2 Å². The molecule has 0 saturated heterocycles. The summed E-state index contributed by atoms with van der Waals surface area (Å²) in [6.45, 7) is 2.41. The van der Waals surface area contributed by atoms with Crippen molar-refractivity contribution in [1.29, 1.82) is 0 Å². The average molecular weight is 375 g/mol. The number of nitrogens with one attached hydrogen (secondary N) is 1. The summed E-state index contributed by atoms with van der Waals surface area (Å²) in [4.78, 5) is -0.0983. The molecule has 0 bridgehead atoms. The van der Waals surface area contributed by atoms with Gasteiger partial charge in [-0.05, 0) is 24.6 Å². The number of halogens is 1. The Balaban J connectivity index is 1.85. The Labute approximate surface area is 151 Å². The molecule has 0 spiro atoms. The first kappa shape index (κ1) is 17.9.